The molecule has 0 spiro atoms. The monoisotopic (exact) mass is 930 g/mol. The molecular weight excluding hydrogens is 897 g/mol. The largest absolute Gasteiger partial charge is 0.344 e. The van der Waals surface area contributed by atoms with Gasteiger partial charge in [-0.1, -0.05) is 35.3 Å². The SMILES string of the molecule is Cc1cc(Cl)ccc1-c1ccc2c(=O)n(C3=CC=C(Cl)C4C(=NS(C)(=O)=O)NN(C)C34)c([C@H](Cc3cc(F)cc(F)c3)NC(=O)Cn3nc(C(F)F)c4c3C(F)(F)[C@@H]3C[C@H]43)nc2c1. The molecule has 1 amide bonds. The molecule has 3 aliphatic carbocycles. The number of allylic oxidation sites excluding steroid dienone is 2. The third kappa shape index (κ3) is 7.61. The third-order valence-electron chi connectivity index (χ3n) is 11.7. The van der Waals surface area contributed by atoms with E-state index in [0.29, 0.717) is 21.3 Å². The van der Waals surface area contributed by atoms with E-state index < -0.39 is 99.7 Å². The number of carbonyl (C=O) groups is 1. The number of nitrogens with zero attached hydrogens (tertiary/aromatic N) is 6. The van der Waals surface area contributed by atoms with Crippen LogP contribution in [0.15, 0.2) is 81.0 Å². The second-order valence-corrected chi connectivity index (χ2v) is 18.6. The van der Waals surface area contributed by atoms with Crippen LogP contribution in [-0.2, 0) is 33.7 Å². The van der Waals surface area contributed by atoms with Crippen LogP contribution in [0.5, 0.6) is 0 Å². The summed E-state index contributed by atoms with van der Waals surface area (Å²) in [5, 5.41) is 8.65. The van der Waals surface area contributed by atoms with Crippen LogP contribution in [0, 0.1) is 30.4 Å². The zero-order valence-corrected chi connectivity index (χ0v) is 35.5. The van der Waals surface area contributed by atoms with Crippen LogP contribution in [-0.4, -0.2) is 63.8 Å². The Balaban J connectivity index is 1.23. The highest BCUT2D eigenvalue weighted by Gasteiger charge is 2.67. The van der Waals surface area contributed by atoms with E-state index in [0.717, 1.165) is 34.1 Å². The minimum atomic E-state index is -3.97. The molecule has 21 heteroatoms. The van der Waals surface area contributed by atoms with Gasteiger partial charge in [0.2, 0.25) is 5.91 Å². The van der Waals surface area contributed by atoms with Crippen LogP contribution in [0.4, 0.5) is 26.3 Å². The van der Waals surface area contributed by atoms with Crippen molar-refractivity contribution in [1.29, 1.82) is 0 Å². The number of likely N-dealkylation sites (N-methyl/N-ethyl adjacent to an activating group) is 1. The second kappa shape index (κ2) is 15.3. The molecule has 3 aromatic carbocycles. The lowest BCUT2D eigenvalue weighted by molar-refractivity contribution is -0.123. The Morgan fingerprint density at radius 2 is 1.79 bits per heavy atom. The quantitative estimate of drug-likeness (QED) is 0.137. The van der Waals surface area contributed by atoms with Crippen LogP contribution >= 0.6 is 23.2 Å². The van der Waals surface area contributed by atoms with Gasteiger partial charge in [0.25, 0.3) is 27.9 Å². The van der Waals surface area contributed by atoms with Crippen LogP contribution in [0.25, 0.3) is 27.7 Å². The van der Waals surface area contributed by atoms with Crippen LogP contribution in [0.3, 0.4) is 0 Å². The molecule has 1 saturated heterocycles. The van der Waals surface area contributed by atoms with E-state index in [2.05, 4.69) is 20.2 Å². The number of sulfonamides is 1. The Morgan fingerprint density at radius 1 is 1.06 bits per heavy atom. The predicted molar refractivity (Wildman–Crippen MR) is 223 cm³/mol. The minimum Gasteiger partial charge on any atom is -0.344 e. The second-order valence-electron chi connectivity index (χ2n) is 16.1. The number of aryl methyl sites for hydroxylation is 1. The van der Waals surface area contributed by atoms with Crippen LogP contribution in [0.2, 0.25) is 5.02 Å². The fourth-order valence-electron chi connectivity index (χ4n) is 9.10. The highest BCUT2D eigenvalue weighted by atomic mass is 35.5. The van der Waals surface area contributed by atoms with Gasteiger partial charge in [0.05, 0.1) is 35.2 Å². The highest BCUT2D eigenvalue weighted by molar-refractivity contribution is 7.89. The van der Waals surface area contributed by atoms with Crippen molar-refractivity contribution in [3.05, 3.63) is 133 Å². The number of fused-ring (bicyclic) bond motifs is 5. The lowest BCUT2D eigenvalue weighted by Gasteiger charge is -2.31. The maximum absolute atomic E-state index is 15.6. The summed E-state index contributed by atoms with van der Waals surface area (Å²) in [7, 11) is -2.42. The van der Waals surface area contributed by atoms with Gasteiger partial charge in [-0.25, -0.2) is 36.0 Å². The molecule has 1 aliphatic heterocycles. The molecule has 0 bridgehead atoms. The fraction of sp³-hybridized carbons (Fsp3) is 0.310. The normalized spacial score (nSPS) is 22.4. The Kier molecular flexibility index (Phi) is 10.4. The number of alkyl halides is 4. The zero-order chi connectivity index (χ0) is 45.0. The van der Waals surface area contributed by atoms with E-state index >= 15 is 13.6 Å². The average Bonchev–Trinajstić information content (AvgIpc) is 3.72. The fourth-order valence-corrected chi connectivity index (χ4v) is 10.1. The van der Waals surface area contributed by atoms with Crippen molar-refractivity contribution in [3.63, 3.8) is 0 Å². The van der Waals surface area contributed by atoms with Gasteiger partial charge in [-0.15, -0.1) is 4.40 Å². The molecule has 4 aliphatic rings. The molecule has 328 valence electrons. The molecule has 1 saturated carbocycles. The molecule has 2 unspecified atom stereocenters. The molecule has 5 atom stereocenters. The number of hydrazine groups is 1. The molecule has 9 rings (SSSR count). The number of rotatable bonds is 10. The van der Waals surface area contributed by atoms with Gasteiger partial charge in [-0.05, 0) is 90.1 Å². The van der Waals surface area contributed by atoms with Gasteiger partial charge in [0.15, 0.2) is 0 Å². The van der Waals surface area contributed by atoms with E-state index in [9.17, 15) is 30.8 Å². The molecule has 2 N–H and O–H groups in total. The number of aromatic nitrogens is 4. The van der Waals surface area contributed by atoms with Gasteiger partial charge in [0, 0.05) is 46.8 Å². The molecule has 2 aromatic heterocycles. The lowest BCUT2D eigenvalue weighted by Crippen LogP contribution is -2.43. The van der Waals surface area contributed by atoms with Crippen molar-refractivity contribution >= 4 is 61.6 Å². The Morgan fingerprint density at radius 3 is 2.48 bits per heavy atom. The van der Waals surface area contributed by atoms with E-state index in [4.69, 9.17) is 28.2 Å². The van der Waals surface area contributed by atoms with E-state index in [1.54, 1.807) is 43.4 Å². The first-order valence-electron chi connectivity index (χ1n) is 19.4. The number of carbonyl (C=O) groups excluding carboxylic acids is 1. The average molecular weight is 932 g/mol. The van der Waals surface area contributed by atoms with Crippen molar-refractivity contribution in [3.8, 4) is 11.1 Å². The minimum absolute atomic E-state index is 0.00123. The molecular formula is C42H34Cl2F6N8O4S. The van der Waals surface area contributed by atoms with Gasteiger partial charge in [-0.3, -0.25) is 18.8 Å². The summed E-state index contributed by atoms with van der Waals surface area (Å²) in [5.41, 5.74) is 2.70. The Bertz CT molecular complexity index is 3040. The van der Waals surface area contributed by atoms with E-state index in [1.165, 1.54) is 17.2 Å². The first-order valence-corrected chi connectivity index (χ1v) is 22.0. The van der Waals surface area contributed by atoms with Crippen molar-refractivity contribution in [2.75, 3.05) is 13.3 Å². The van der Waals surface area contributed by atoms with Gasteiger partial charge in [0.1, 0.15) is 41.2 Å². The maximum Gasteiger partial charge on any atom is 0.293 e. The number of nitrogens with one attached hydrogen (secondary N) is 2. The molecule has 5 aromatic rings. The molecule has 12 nitrogen and oxygen atoms in total. The smallest absolute Gasteiger partial charge is 0.293 e. The topological polar surface area (TPSA) is 144 Å². The summed E-state index contributed by atoms with van der Waals surface area (Å²) >= 11 is 12.9. The third-order valence-corrected chi connectivity index (χ3v) is 12.8. The lowest BCUT2D eigenvalue weighted by atomic mass is 9.91. The number of benzene rings is 3. The number of amidine groups is 1. The Labute approximate surface area is 364 Å². The maximum atomic E-state index is 15.6. The van der Waals surface area contributed by atoms with E-state index in [1.807, 2.05) is 6.92 Å². The summed E-state index contributed by atoms with van der Waals surface area (Å²) < 4.78 is 119. The number of halogens is 8. The summed E-state index contributed by atoms with van der Waals surface area (Å²) in [5.74, 6) is -9.79. The summed E-state index contributed by atoms with van der Waals surface area (Å²) in [4.78, 5) is 34.2. The van der Waals surface area contributed by atoms with Crippen molar-refractivity contribution in [2.45, 2.75) is 56.7 Å². The first-order chi connectivity index (χ1) is 29.7. The van der Waals surface area contributed by atoms with E-state index in [-0.39, 0.29) is 50.8 Å². The summed E-state index contributed by atoms with van der Waals surface area (Å²) in [6, 6.07) is 10.3. The molecule has 0 radical (unpaired) electrons. The van der Waals surface area contributed by atoms with Gasteiger partial charge < -0.3 is 10.7 Å². The van der Waals surface area contributed by atoms with Crippen LogP contribution in [0.1, 0.15) is 58.7 Å². The van der Waals surface area contributed by atoms with Crippen molar-refractivity contribution in [2.24, 2.45) is 16.2 Å². The van der Waals surface area contributed by atoms with Crippen LogP contribution < -0.4 is 16.3 Å². The predicted octanol–water partition coefficient (Wildman–Crippen LogP) is 7.52. The summed E-state index contributed by atoms with van der Waals surface area (Å²) in [6.45, 7) is 0.863. The van der Waals surface area contributed by atoms with Gasteiger partial charge in [-0.2, -0.15) is 13.9 Å². The molecule has 2 fully saturated rings. The van der Waals surface area contributed by atoms with Crippen molar-refractivity contribution < 1.29 is 39.6 Å². The number of hydrogen-bond acceptors (Lipinski definition) is 7. The number of hydrogen-bond donors (Lipinski definition) is 2. The highest BCUT2D eigenvalue weighted by Crippen LogP contribution is 2.68. The Hall–Kier alpha value is -5.50. The summed E-state index contributed by atoms with van der Waals surface area (Å²) in [6.07, 6.45) is 0.165. The zero-order valence-electron chi connectivity index (χ0n) is 33.2. The molecule has 3 heterocycles. The molecule has 63 heavy (non-hydrogen) atoms. The standard InChI is InChI=1S/C42H34Cl2F6N8O4S/c1-18-10-21(43)5-7-24(18)20-4-6-25-29(14-20)52-40(58(41(25)60)31-9-8-28(44)34-36(31)56(2)54-39(34)55-63(3,61)62)30(13-19-11-22(45)15-23(46)12-19)51-32(59)17-57-37-33(35(53-57)38(47)48)26-16-27(26)42(37,49)50/h4-12,14-15,26-27,30,34,36,38H,13,16-17H2,1-3H3,(H,51,59)(H,54,55)/t26-,27+,30-,34?,36?/m0/s1. The van der Waals surface area contributed by atoms with Gasteiger partial charge >= 0.3 is 0 Å². The number of amides is 1. The van der Waals surface area contributed by atoms with Crippen molar-refractivity contribution in [1.82, 2.24) is 35.1 Å². The first kappa shape index (κ1) is 42.8.